The molecule has 106 valence electrons. The molecule has 0 spiro atoms. The summed E-state index contributed by atoms with van der Waals surface area (Å²) in [5, 5.41) is 14.6. The van der Waals surface area contributed by atoms with E-state index in [1.807, 2.05) is 6.92 Å². The summed E-state index contributed by atoms with van der Waals surface area (Å²) in [6, 6.07) is 7.07. The molecular weight excluding hydrogens is 256 g/mol. The summed E-state index contributed by atoms with van der Waals surface area (Å²) in [6.07, 6.45) is 2.59. The molecule has 1 saturated heterocycles. The van der Waals surface area contributed by atoms with Crippen molar-refractivity contribution in [2.24, 2.45) is 11.8 Å². The number of carboxylic acid groups (broad SMARTS) is 1. The highest BCUT2D eigenvalue weighted by Crippen LogP contribution is 2.18. The summed E-state index contributed by atoms with van der Waals surface area (Å²) in [5.41, 5.74) is 1.50. The van der Waals surface area contributed by atoms with E-state index in [9.17, 15) is 9.59 Å². The lowest BCUT2D eigenvalue weighted by atomic mass is 9.88. The molecular formula is C15H18N2O3. The fourth-order valence-corrected chi connectivity index (χ4v) is 1.98. The molecule has 1 aromatic carbocycles. The van der Waals surface area contributed by atoms with Crippen LogP contribution in [-0.4, -0.2) is 30.1 Å². The van der Waals surface area contributed by atoms with Crippen molar-refractivity contribution < 1.29 is 14.7 Å². The van der Waals surface area contributed by atoms with Crippen LogP contribution in [0.2, 0.25) is 0 Å². The monoisotopic (exact) mass is 274 g/mol. The van der Waals surface area contributed by atoms with Crippen LogP contribution < -0.4 is 10.6 Å². The standard InChI is InChI=1S/C15H18N2O3/c1-10(12-8-16-9-12)15(20)17-13-5-2-11(3-6-13)4-7-14(18)19/h2-7,10,12,16H,8-9H2,1H3,(H,17,20)(H,18,19)/b7-4+. The molecule has 2 rings (SSSR count). The van der Waals surface area contributed by atoms with Gasteiger partial charge in [-0.2, -0.15) is 0 Å². The van der Waals surface area contributed by atoms with Gasteiger partial charge >= 0.3 is 5.97 Å². The van der Waals surface area contributed by atoms with Crippen LogP contribution in [0.25, 0.3) is 6.08 Å². The van der Waals surface area contributed by atoms with Crippen molar-refractivity contribution in [1.29, 1.82) is 0 Å². The number of carbonyl (C=O) groups is 2. The third-order valence-corrected chi connectivity index (χ3v) is 3.53. The summed E-state index contributed by atoms with van der Waals surface area (Å²) in [6.45, 7) is 3.73. The van der Waals surface area contributed by atoms with Crippen molar-refractivity contribution in [3.8, 4) is 0 Å². The minimum atomic E-state index is -0.981. The number of nitrogens with one attached hydrogen (secondary N) is 2. The molecule has 0 bridgehead atoms. The molecule has 1 aliphatic rings. The van der Waals surface area contributed by atoms with Gasteiger partial charge < -0.3 is 15.7 Å². The van der Waals surface area contributed by atoms with Gasteiger partial charge in [0, 0.05) is 17.7 Å². The summed E-state index contributed by atoms with van der Waals surface area (Å²) in [4.78, 5) is 22.4. The minimum Gasteiger partial charge on any atom is -0.478 e. The highest BCUT2D eigenvalue weighted by Gasteiger charge is 2.28. The van der Waals surface area contributed by atoms with Crippen molar-refractivity contribution in [3.63, 3.8) is 0 Å². The summed E-state index contributed by atoms with van der Waals surface area (Å²) in [5.74, 6) is -0.564. The zero-order valence-corrected chi connectivity index (χ0v) is 11.3. The molecule has 1 aliphatic heterocycles. The zero-order valence-electron chi connectivity index (χ0n) is 11.3. The number of carboxylic acids is 1. The van der Waals surface area contributed by atoms with Crippen LogP contribution in [-0.2, 0) is 9.59 Å². The Balaban J connectivity index is 1.92. The largest absolute Gasteiger partial charge is 0.478 e. The van der Waals surface area contributed by atoms with Gasteiger partial charge in [0.05, 0.1) is 0 Å². The molecule has 0 aliphatic carbocycles. The van der Waals surface area contributed by atoms with E-state index in [1.165, 1.54) is 6.08 Å². The highest BCUT2D eigenvalue weighted by atomic mass is 16.4. The lowest BCUT2D eigenvalue weighted by Gasteiger charge is -2.31. The maximum atomic E-state index is 12.0. The maximum absolute atomic E-state index is 12.0. The van der Waals surface area contributed by atoms with Crippen LogP contribution >= 0.6 is 0 Å². The number of amides is 1. The van der Waals surface area contributed by atoms with E-state index in [-0.39, 0.29) is 11.8 Å². The summed E-state index contributed by atoms with van der Waals surface area (Å²) in [7, 11) is 0. The molecule has 1 aromatic rings. The second kappa shape index (κ2) is 6.34. The normalized spacial score (nSPS) is 16.6. The Morgan fingerprint density at radius 3 is 2.50 bits per heavy atom. The van der Waals surface area contributed by atoms with Crippen molar-refractivity contribution in [1.82, 2.24) is 5.32 Å². The van der Waals surface area contributed by atoms with E-state index in [0.29, 0.717) is 5.92 Å². The first-order valence-corrected chi connectivity index (χ1v) is 6.59. The van der Waals surface area contributed by atoms with Crippen LogP contribution in [0.4, 0.5) is 5.69 Å². The third kappa shape index (κ3) is 3.68. The Morgan fingerprint density at radius 2 is 2.00 bits per heavy atom. The van der Waals surface area contributed by atoms with E-state index in [0.717, 1.165) is 30.4 Å². The van der Waals surface area contributed by atoms with Gasteiger partial charge in [0.25, 0.3) is 0 Å². The second-order valence-electron chi connectivity index (χ2n) is 4.99. The lowest BCUT2D eigenvalue weighted by Crippen LogP contribution is -2.48. The first-order chi connectivity index (χ1) is 9.56. The summed E-state index contributed by atoms with van der Waals surface area (Å²) >= 11 is 0. The number of carbonyl (C=O) groups excluding carboxylic acids is 1. The van der Waals surface area contributed by atoms with E-state index in [2.05, 4.69) is 10.6 Å². The highest BCUT2D eigenvalue weighted by molar-refractivity contribution is 5.92. The minimum absolute atomic E-state index is 0.0113. The average molecular weight is 274 g/mol. The van der Waals surface area contributed by atoms with Gasteiger partial charge in [-0.1, -0.05) is 19.1 Å². The molecule has 1 unspecified atom stereocenters. The van der Waals surface area contributed by atoms with Crippen LogP contribution in [0, 0.1) is 11.8 Å². The quantitative estimate of drug-likeness (QED) is 0.712. The Morgan fingerprint density at radius 1 is 1.35 bits per heavy atom. The van der Waals surface area contributed by atoms with E-state index < -0.39 is 5.97 Å². The molecule has 0 saturated carbocycles. The first kappa shape index (κ1) is 14.3. The van der Waals surface area contributed by atoms with Crippen LogP contribution in [0.5, 0.6) is 0 Å². The summed E-state index contributed by atoms with van der Waals surface area (Å²) < 4.78 is 0. The van der Waals surface area contributed by atoms with Gasteiger partial charge in [-0.05, 0) is 42.8 Å². The van der Waals surface area contributed by atoms with Crippen molar-refractivity contribution in [3.05, 3.63) is 35.9 Å². The third-order valence-electron chi connectivity index (χ3n) is 3.53. The Labute approximate surface area is 117 Å². The SMILES string of the molecule is CC(C(=O)Nc1ccc(/C=C/C(=O)O)cc1)C1CNC1. The maximum Gasteiger partial charge on any atom is 0.328 e. The van der Waals surface area contributed by atoms with Crippen LogP contribution in [0.15, 0.2) is 30.3 Å². The fourth-order valence-electron chi connectivity index (χ4n) is 1.98. The molecule has 1 atom stereocenters. The van der Waals surface area contributed by atoms with E-state index in [1.54, 1.807) is 24.3 Å². The molecule has 3 N–H and O–H groups in total. The Bertz CT molecular complexity index is 518. The topological polar surface area (TPSA) is 78.4 Å². The number of aliphatic carboxylic acids is 1. The smallest absolute Gasteiger partial charge is 0.328 e. The number of rotatable bonds is 5. The second-order valence-corrected chi connectivity index (χ2v) is 4.99. The van der Waals surface area contributed by atoms with Crippen molar-refractivity contribution in [2.45, 2.75) is 6.92 Å². The number of anilines is 1. The first-order valence-electron chi connectivity index (χ1n) is 6.59. The van der Waals surface area contributed by atoms with E-state index >= 15 is 0 Å². The molecule has 0 aromatic heterocycles. The average Bonchev–Trinajstić information content (AvgIpc) is 2.35. The molecule has 1 fully saturated rings. The lowest BCUT2D eigenvalue weighted by molar-refractivity contribution is -0.131. The van der Waals surface area contributed by atoms with Gasteiger partial charge in [0.15, 0.2) is 0 Å². The Hall–Kier alpha value is -2.14. The predicted molar refractivity (Wildman–Crippen MR) is 77.3 cm³/mol. The predicted octanol–water partition coefficient (Wildman–Crippen LogP) is 1.58. The van der Waals surface area contributed by atoms with Gasteiger partial charge in [-0.3, -0.25) is 4.79 Å². The fraction of sp³-hybridized carbons (Fsp3) is 0.333. The van der Waals surface area contributed by atoms with Crippen LogP contribution in [0.3, 0.4) is 0 Å². The van der Waals surface area contributed by atoms with E-state index in [4.69, 9.17) is 5.11 Å². The molecule has 1 heterocycles. The molecule has 20 heavy (non-hydrogen) atoms. The van der Waals surface area contributed by atoms with Crippen molar-refractivity contribution in [2.75, 3.05) is 18.4 Å². The van der Waals surface area contributed by atoms with Gasteiger partial charge in [0.2, 0.25) is 5.91 Å². The zero-order chi connectivity index (χ0) is 14.5. The number of benzene rings is 1. The molecule has 1 amide bonds. The molecule has 5 nitrogen and oxygen atoms in total. The number of hydrogen-bond acceptors (Lipinski definition) is 3. The van der Waals surface area contributed by atoms with Gasteiger partial charge in [-0.25, -0.2) is 4.79 Å². The van der Waals surface area contributed by atoms with Gasteiger partial charge in [0.1, 0.15) is 0 Å². The molecule has 0 radical (unpaired) electrons. The number of hydrogen-bond donors (Lipinski definition) is 3. The van der Waals surface area contributed by atoms with Crippen LogP contribution in [0.1, 0.15) is 12.5 Å². The van der Waals surface area contributed by atoms with Crippen molar-refractivity contribution >= 4 is 23.6 Å². The molecule has 5 heteroatoms. The Kier molecular flexibility index (Phi) is 4.53. The van der Waals surface area contributed by atoms with Gasteiger partial charge in [-0.15, -0.1) is 0 Å².